The first kappa shape index (κ1) is 11.7. The molecule has 7 heteroatoms. The Morgan fingerprint density at radius 1 is 1.35 bits per heavy atom. The number of aliphatic imine (C=N–C) groups is 1. The summed E-state index contributed by atoms with van der Waals surface area (Å²) in [4.78, 5) is 4.34. The summed E-state index contributed by atoms with van der Waals surface area (Å²) in [7, 11) is 0. The molecular weight excluding hydrogens is 244 g/mol. The first-order valence-corrected chi connectivity index (χ1v) is 6.70. The van der Waals surface area contributed by atoms with Gasteiger partial charge in [-0.05, 0) is 12.8 Å². The third kappa shape index (κ3) is 2.17. The molecule has 0 aromatic rings. The summed E-state index contributed by atoms with van der Waals surface area (Å²) in [6.45, 7) is -0.298. The topological polar surface area (TPSA) is 94.3 Å². The lowest BCUT2D eigenvalue weighted by Crippen LogP contribution is -2.55. The lowest BCUT2D eigenvalue weighted by atomic mass is 9.99. The van der Waals surface area contributed by atoms with Crippen LogP contribution >= 0.6 is 11.8 Å². The highest BCUT2D eigenvalue weighted by atomic mass is 32.2. The summed E-state index contributed by atoms with van der Waals surface area (Å²) in [5, 5.41) is 32.7. The first-order chi connectivity index (χ1) is 8.19. The van der Waals surface area contributed by atoms with Crippen molar-refractivity contribution in [3.63, 3.8) is 0 Å². The molecule has 2 fully saturated rings. The zero-order chi connectivity index (χ0) is 12.0. The van der Waals surface area contributed by atoms with Gasteiger partial charge in [-0.3, -0.25) is 4.99 Å². The smallest absolute Gasteiger partial charge is 0.159 e. The molecule has 1 aliphatic carbocycles. The van der Waals surface area contributed by atoms with Crippen molar-refractivity contribution in [3.8, 4) is 0 Å². The van der Waals surface area contributed by atoms with E-state index in [9.17, 15) is 10.2 Å². The van der Waals surface area contributed by atoms with E-state index in [0.717, 1.165) is 18.0 Å². The van der Waals surface area contributed by atoms with Gasteiger partial charge >= 0.3 is 0 Å². The predicted molar refractivity (Wildman–Crippen MR) is 62.7 cm³/mol. The van der Waals surface area contributed by atoms with Crippen molar-refractivity contribution in [2.24, 2.45) is 4.99 Å². The van der Waals surface area contributed by atoms with Crippen LogP contribution in [0.3, 0.4) is 0 Å². The lowest BCUT2D eigenvalue weighted by molar-refractivity contribution is -0.164. The molecule has 0 bridgehead atoms. The van der Waals surface area contributed by atoms with E-state index in [1.54, 1.807) is 0 Å². The van der Waals surface area contributed by atoms with Gasteiger partial charge in [0.15, 0.2) is 5.17 Å². The molecule has 1 saturated carbocycles. The summed E-state index contributed by atoms with van der Waals surface area (Å²) < 4.78 is 5.52. The van der Waals surface area contributed by atoms with E-state index >= 15 is 0 Å². The lowest BCUT2D eigenvalue weighted by Gasteiger charge is -2.37. The van der Waals surface area contributed by atoms with E-state index in [1.807, 2.05) is 0 Å². The van der Waals surface area contributed by atoms with Crippen molar-refractivity contribution in [2.75, 3.05) is 6.61 Å². The maximum absolute atomic E-state index is 9.93. The van der Waals surface area contributed by atoms with Gasteiger partial charge in [-0.15, -0.1) is 0 Å². The number of aliphatic hydroxyl groups excluding tert-OH is 3. The Kier molecular flexibility index (Phi) is 3.04. The van der Waals surface area contributed by atoms with Gasteiger partial charge in [0.2, 0.25) is 0 Å². The maximum atomic E-state index is 9.93. The fourth-order valence-electron chi connectivity index (χ4n) is 2.05. The fourth-order valence-corrected chi connectivity index (χ4v) is 3.25. The highest BCUT2D eigenvalue weighted by Crippen LogP contribution is 2.36. The second-order valence-corrected chi connectivity index (χ2v) is 5.76. The first-order valence-electron chi connectivity index (χ1n) is 5.82. The Hall–Kier alpha value is -0.340. The second-order valence-electron chi connectivity index (χ2n) is 4.67. The van der Waals surface area contributed by atoms with E-state index in [1.165, 1.54) is 11.8 Å². The molecule has 0 radical (unpaired) electrons. The summed E-state index contributed by atoms with van der Waals surface area (Å²) >= 11 is 1.42. The number of hydrogen-bond donors (Lipinski definition) is 4. The average molecular weight is 260 g/mol. The van der Waals surface area contributed by atoms with Crippen molar-refractivity contribution in [1.82, 2.24) is 5.32 Å². The molecular formula is C10H16N2O4S. The second kappa shape index (κ2) is 4.40. The number of thioether (sulfide) groups is 1. The summed E-state index contributed by atoms with van der Waals surface area (Å²) in [5.74, 6) is 0. The van der Waals surface area contributed by atoms with E-state index in [0.29, 0.717) is 6.04 Å². The maximum Gasteiger partial charge on any atom is 0.159 e. The van der Waals surface area contributed by atoms with Gasteiger partial charge in [-0.1, -0.05) is 11.8 Å². The molecule has 0 aromatic carbocycles. The minimum Gasteiger partial charge on any atom is -0.394 e. The van der Waals surface area contributed by atoms with Gasteiger partial charge in [-0.2, -0.15) is 0 Å². The van der Waals surface area contributed by atoms with Crippen LogP contribution in [0.2, 0.25) is 0 Å². The number of ether oxygens (including phenoxy) is 1. The Balaban J connectivity index is 1.69. The van der Waals surface area contributed by atoms with Crippen LogP contribution in [0.5, 0.6) is 0 Å². The van der Waals surface area contributed by atoms with Crippen LogP contribution < -0.4 is 5.32 Å². The van der Waals surface area contributed by atoms with Crippen LogP contribution in [0.1, 0.15) is 12.8 Å². The SMILES string of the molecule is OCC1OC2SC(NC3CC3)=NC2C(O)C1O. The van der Waals surface area contributed by atoms with Crippen molar-refractivity contribution in [2.45, 2.75) is 48.7 Å². The highest BCUT2D eigenvalue weighted by molar-refractivity contribution is 8.14. The van der Waals surface area contributed by atoms with Crippen LogP contribution in [0.25, 0.3) is 0 Å². The number of aliphatic hydroxyl groups is 3. The Labute approximate surface area is 103 Å². The molecule has 6 nitrogen and oxygen atoms in total. The molecule has 17 heavy (non-hydrogen) atoms. The number of amidine groups is 1. The minimum absolute atomic E-state index is 0.298. The third-order valence-electron chi connectivity index (χ3n) is 3.25. The number of rotatable bonds is 2. The molecule has 5 atom stereocenters. The summed E-state index contributed by atoms with van der Waals surface area (Å²) in [5.41, 5.74) is -0.313. The molecule has 0 aromatic heterocycles. The quantitative estimate of drug-likeness (QED) is 0.490. The van der Waals surface area contributed by atoms with E-state index in [4.69, 9.17) is 9.84 Å². The van der Waals surface area contributed by atoms with Gasteiger partial charge in [-0.25, -0.2) is 0 Å². The van der Waals surface area contributed by atoms with Crippen LogP contribution in [0.15, 0.2) is 4.99 Å². The van der Waals surface area contributed by atoms with Gasteiger partial charge in [0.05, 0.1) is 6.61 Å². The molecule has 0 amide bonds. The van der Waals surface area contributed by atoms with Crippen molar-refractivity contribution >= 4 is 16.9 Å². The van der Waals surface area contributed by atoms with Crippen LogP contribution in [-0.2, 0) is 4.74 Å². The zero-order valence-electron chi connectivity index (χ0n) is 9.19. The molecule has 2 heterocycles. The standard InChI is InChI=1S/C10H16N2O4S/c13-3-5-7(14)8(15)6-9(16-5)17-10(12-6)11-4-1-2-4/h4-9,13-15H,1-3H2,(H,11,12). The summed E-state index contributed by atoms with van der Waals surface area (Å²) in [6.07, 6.45) is -0.475. The molecule has 5 unspecified atom stereocenters. The Morgan fingerprint density at radius 3 is 2.76 bits per heavy atom. The predicted octanol–water partition coefficient (Wildman–Crippen LogP) is -1.35. The van der Waals surface area contributed by atoms with Crippen molar-refractivity contribution in [1.29, 1.82) is 0 Å². The number of hydrogen-bond acceptors (Lipinski definition) is 7. The normalized spacial score (nSPS) is 45.4. The van der Waals surface area contributed by atoms with Crippen LogP contribution in [0, 0.1) is 0 Å². The number of nitrogens with zero attached hydrogens (tertiary/aromatic N) is 1. The minimum atomic E-state index is -1.08. The van der Waals surface area contributed by atoms with Gasteiger partial charge < -0.3 is 25.4 Å². The van der Waals surface area contributed by atoms with Gasteiger partial charge in [0, 0.05) is 6.04 Å². The van der Waals surface area contributed by atoms with Crippen LogP contribution in [0.4, 0.5) is 0 Å². The van der Waals surface area contributed by atoms with E-state index in [2.05, 4.69) is 10.3 Å². The van der Waals surface area contributed by atoms with Crippen LogP contribution in [-0.4, -0.2) is 62.9 Å². The van der Waals surface area contributed by atoms with E-state index in [-0.39, 0.29) is 12.0 Å². The largest absolute Gasteiger partial charge is 0.394 e. The molecule has 0 spiro atoms. The number of fused-ring (bicyclic) bond motifs is 1. The molecule has 3 aliphatic rings. The van der Waals surface area contributed by atoms with Gasteiger partial charge in [0.25, 0.3) is 0 Å². The molecule has 1 saturated heterocycles. The molecule has 3 rings (SSSR count). The highest BCUT2D eigenvalue weighted by Gasteiger charge is 2.48. The van der Waals surface area contributed by atoms with E-state index < -0.39 is 24.4 Å². The molecule has 96 valence electrons. The Bertz CT molecular complexity index is 336. The van der Waals surface area contributed by atoms with Gasteiger partial charge in [0.1, 0.15) is 29.8 Å². The zero-order valence-corrected chi connectivity index (χ0v) is 10.0. The number of nitrogens with one attached hydrogen (secondary N) is 1. The summed E-state index contributed by atoms with van der Waals surface area (Å²) in [6, 6.07) is 0.0520. The van der Waals surface area contributed by atoms with Crippen molar-refractivity contribution in [3.05, 3.63) is 0 Å². The third-order valence-corrected chi connectivity index (χ3v) is 4.32. The molecule has 4 N–H and O–H groups in total. The molecule has 2 aliphatic heterocycles. The fraction of sp³-hybridized carbons (Fsp3) is 0.900. The monoisotopic (exact) mass is 260 g/mol. The van der Waals surface area contributed by atoms with Crippen molar-refractivity contribution < 1.29 is 20.1 Å². The average Bonchev–Trinajstić information content (AvgIpc) is 3.02. The Morgan fingerprint density at radius 2 is 2.12 bits per heavy atom.